The molecule has 0 amide bonds. The van der Waals surface area contributed by atoms with Gasteiger partial charge in [0, 0.05) is 5.56 Å². The van der Waals surface area contributed by atoms with E-state index in [2.05, 4.69) is 0 Å². The van der Waals surface area contributed by atoms with Crippen LogP contribution in [0.5, 0.6) is 17.2 Å². The van der Waals surface area contributed by atoms with E-state index < -0.39 is 0 Å². The van der Waals surface area contributed by atoms with E-state index in [-0.39, 0.29) is 17.2 Å². The van der Waals surface area contributed by atoms with E-state index in [1.807, 2.05) is 13.0 Å². The summed E-state index contributed by atoms with van der Waals surface area (Å²) in [6, 6.07) is 9.94. The number of aromatic hydroxyl groups is 3. The summed E-state index contributed by atoms with van der Waals surface area (Å²) in [5.74, 6) is -0.0373. The second kappa shape index (κ2) is 4.37. The second-order valence-electron chi connectivity index (χ2n) is 3.87. The molecule has 0 spiro atoms. The average Bonchev–Trinajstić information content (AvgIpc) is 2.34. The van der Waals surface area contributed by atoms with Gasteiger partial charge in [0.15, 0.2) is 11.5 Å². The Balaban J connectivity index is 2.57. The molecule has 0 atom stereocenters. The van der Waals surface area contributed by atoms with Crippen LogP contribution in [0.15, 0.2) is 36.4 Å². The third-order valence-electron chi connectivity index (χ3n) is 2.79. The lowest BCUT2D eigenvalue weighted by molar-refractivity contribution is 0.405. The van der Waals surface area contributed by atoms with Crippen molar-refractivity contribution in [3.05, 3.63) is 42.0 Å². The van der Waals surface area contributed by atoms with Gasteiger partial charge in [-0.15, -0.1) is 0 Å². The highest BCUT2D eigenvalue weighted by atomic mass is 16.3. The van der Waals surface area contributed by atoms with Crippen molar-refractivity contribution in [3.8, 4) is 28.4 Å². The van der Waals surface area contributed by atoms with Gasteiger partial charge in [-0.3, -0.25) is 0 Å². The van der Waals surface area contributed by atoms with Crippen LogP contribution in [0.1, 0.15) is 12.5 Å². The van der Waals surface area contributed by atoms with E-state index in [1.54, 1.807) is 24.3 Å². The summed E-state index contributed by atoms with van der Waals surface area (Å²) < 4.78 is 0. The predicted molar refractivity (Wildman–Crippen MR) is 66.3 cm³/mol. The van der Waals surface area contributed by atoms with Crippen LogP contribution in [-0.4, -0.2) is 15.3 Å². The number of aryl methyl sites for hydroxylation is 1. The Labute approximate surface area is 99.6 Å². The first-order valence-electron chi connectivity index (χ1n) is 5.46. The van der Waals surface area contributed by atoms with Gasteiger partial charge >= 0.3 is 0 Å². The molecule has 0 aliphatic carbocycles. The SMILES string of the molecule is CCc1cc(-c2cccc(O)c2O)ccc1O. The van der Waals surface area contributed by atoms with Crippen LogP contribution < -0.4 is 0 Å². The van der Waals surface area contributed by atoms with Gasteiger partial charge in [0.2, 0.25) is 0 Å². The van der Waals surface area contributed by atoms with Crippen molar-refractivity contribution in [2.24, 2.45) is 0 Å². The van der Waals surface area contributed by atoms with E-state index in [0.29, 0.717) is 12.0 Å². The predicted octanol–water partition coefficient (Wildman–Crippen LogP) is 3.03. The fourth-order valence-corrected chi connectivity index (χ4v) is 1.80. The molecular formula is C14H14O3. The molecule has 0 unspecified atom stereocenters. The van der Waals surface area contributed by atoms with Crippen molar-refractivity contribution in [3.63, 3.8) is 0 Å². The van der Waals surface area contributed by atoms with Crippen LogP contribution in [-0.2, 0) is 6.42 Å². The Kier molecular flexibility index (Phi) is 2.91. The summed E-state index contributed by atoms with van der Waals surface area (Å²) in [5.41, 5.74) is 2.14. The van der Waals surface area contributed by atoms with E-state index in [0.717, 1.165) is 11.1 Å². The smallest absolute Gasteiger partial charge is 0.165 e. The van der Waals surface area contributed by atoms with Crippen molar-refractivity contribution in [1.29, 1.82) is 0 Å². The van der Waals surface area contributed by atoms with Gasteiger partial charge in [0.25, 0.3) is 0 Å². The first kappa shape index (κ1) is 11.3. The molecule has 2 aromatic rings. The molecule has 3 N–H and O–H groups in total. The number of rotatable bonds is 2. The molecule has 3 heteroatoms. The van der Waals surface area contributed by atoms with Gasteiger partial charge in [0.1, 0.15) is 5.75 Å². The molecule has 2 rings (SSSR count). The van der Waals surface area contributed by atoms with Crippen LogP contribution in [0.25, 0.3) is 11.1 Å². The highest BCUT2D eigenvalue weighted by molar-refractivity contribution is 5.74. The van der Waals surface area contributed by atoms with Crippen LogP contribution in [0.4, 0.5) is 0 Å². The maximum atomic E-state index is 9.77. The molecule has 0 fully saturated rings. The largest absolute Gasteiger partial charge is 0.508 e. The zero-order valence-corrected chi connectivity index (χ0v) is 9.51. The number of benzene rings is 2. The molecule has 0 saturated carbocycles. The minimum Gasteiger partial charge on any atom is -0.508 e. The number of phenols is 3. The summed E-state index contributed by atoms with van der Waals surface area (Å²) in [7, 11) is 0. The fraction of sp³-hybridized carbons (Fsp3) is 0.143. The van der Waals surface area contributed by atoms with Crippen LogP contribution in [0.2, 0.25) is 0 Å². The minimum atomic E-state index is -0.145. The number of para-hydroxylation sites is 1. The monoisotopic (exact) mass is 230 g/mol. The quantitative estimate of drug-likeness (QED) is 0.695. The summed E-state index contributed by atoms with van der Waals surface area (Å²) in [5, 5.41) is 28.8. The molecule has 0 heterocycles. The summed E-state index contributed by atoms with van der Waals surface area (Å²) >= 11 is 0. The molecule has 0 radical (unpaired) electrons. The highest BCUT2D eigenvalue weighted by Crippen LogP contribution is 2.37. The van der Waals surface area contributed by atoms with Crippen molar-refractivity contribution in [1.82, 2.24) is 0 Å². The standard InChI is InChI=1S/C14H14O3/c1-2-9-8-10(6-7-12(9)15)11-4-3-5-13(16)14(11)17/h3-8,15-17H,2H2,1H3. The number of hydrogen-bond acceptors (Lipinski definition) is 3. The van der Waals surface area contributed by atoms with Crippen molar-refractivity contribution in [2.45, 2.75) is 13.3 Å². The van der Waals surface area contributed by atoms with Crippen molar-refractivity contribution < 1.29 is 15.3 Å². The molecule has 0 aliphatic rings. The second-order valence-corrected chi connectivity index (χ2v) is 3.87. The van der Waals surface area contributed by atoms with Gasteiger partial charge in [-0.1, -0.05) is 25.1 Å². The van der Waals surface area contributed by atoms with Gasteiger partial charge in [-0.2, -0.15) is 0 Å². The van der Waals surface area contributed by atoms with E-state index in [1.165, 1.54) is 6.07 Å². The van der Waals surface area contributed by atoms with Gasteiger partial charge < -0.3 is 15.3 Å². The lowest BCUT2D eigenvalue weighted by Gasteiger charge is -2.09. The van der Waals surface area contributed by atoms with Crippen molar-refractivity contribution in [2.75, 3.05) is 0 Å². The molecule has 17 heavy (non-hydrogen) atoms. The Bertz CT molecular complexity index is 547. The molecule has 3 nitrogen and oxygen atoms in total. The summed E-state index contributed by atoms with van der Waals surface area (Å²) in [4.78, 5) is 0. The van der Waals surface area contributed by atoms with E-state index in [4.69, 9.17) is 0 Å². The summed E-state index contributed by atoms with van der Waals surface area (Å²) in [6.45, 7) is 1.95. The molecular weight excluding hydrogens is 216 g/mol. The molecule has 0 aliphatic heterocycles. The molecule has 2 aromatic carbocycles. The van der Waals surface area contributed by atoms with Crippen LogP contribution in [0, 0.1) is 0 Å². The summed E-state index contributed by atoms with van der Waals surface area (Å²) in [6.07, 6.45) is 0.708. The third kappa shape index (κ3) is 2.04. The minimum absolute atomic E-state index is 0.139. The number of hydrogen-bond donors (Lipinski definition) is 3. The van der Waals surface area contributed by atoms with E-state index >= 15 is 0 Å². The zero-order chi connectivity index (χ0) is 12.4. The Morgan fingerprint density at radius 2 is 1.71 bits per heavy atom. The van der Waals surface area contributed by atoms with Crippen molar-refractivity contribution >= 4 is 0 Å². The fourth-order valence-electron chi connectivity index (χ4n) is 1.80. The van der Waals surface area contributed by atoms with Crippen LogP contribution in [0.3, 0.4) is 0 Å². The van der Waals surface area contributed by atoms with Crippen LogP contribution >= 0.6 is 0 Å². The molecule has 0 aromatic heterocycles. The third-order valence-corrected chi connectivity index (χ3v) is 2.79. The topological polar surface area (TPSA) is 60.7 Å². The Hall–Kier alpha value is -2.16. The first-order valence-corrected chi connectivity index (χ1v) is 5.46. The average molecular weight is 230 g/mol. The van der Waals surface area contributed by atoms with Gasteiger partial charge in [0.05, 0.1) is 0 Å². The zero-order valence-electron chi connectivity index (χ0n) is 9.51. The van der Waals surface area contributed by atoms with E-state index in [9.17, 15) is 15.3 Å². The molecule has 0 saturated heterocycles. The normalized spacial score (nSPS) is 10.4. The van der Waals surface area contributed by atoms with Gasteiger partial charge in [-0.25, -0.2) is 0 Å². The van der Waals surface area contributed by atoms with Gasteiger partial charge in [-0.05, 0) is 35.7 Å². The molecule has 88 valence electrons. The lowest BCUT2D eigenvalue weighted by Crippen LogP contribution is -1.85. The Morgan fingerprint density at radius 1 is 0.941 bits per heavy atom. The first-order chi connectivity index (χ1) is 8.13. The Morgan fingerprint density at radius 3 is 2.41 bits per heavy atom. The molecule has 0 bridgehead atoms. The lowest BCUT2D eigenvalue weighted by atomic mass is 10.0. The maximum absolute atomic E-state index is 9.77. The number of phenolic OH excluding ortho intramolecular Hbond substituents is 3. The highest BCUT2D eigenvalue weighted by Gasteiger charge is 2.09. The maximum Gasteiger partial charge on any atom is 0.165 e.